The van der Waals surface area contributed by atoms with E-state index in [0.717, 1.165) is 19.3 Å². The van der Waals surface area contributed by atoms with Crippen molar-refractivity contribution in [2.24, 2.45) is 5.92 Å². The van der Waals surface area contributed by atoms with Crippen molar-refractivity contribution in [1.29, 1.82) is 0 Å². The first-order chi connectivity index (χ1) is 9.90. The summed E-state index contributed by atoms with van der Waals surface area (Å²) < 4.78 is 28.3. The summed E-state index contributed by atoms with van der Waals surface area (Å²) in [5.74, 6) is -0.718. The minimum Gasteiger partial charge on any atom is -0.477 e. The van der Waals surface area contributed by atoms with Crippen LogP contribution < -0.4 is 0 Å². The van der Waals surface area contributed by atoms with Gasteiger partial charge in [-0.25, -0.2) is 13.2 Å². The van der Waals surface area contributed by atoms with Gasteiger partial charge in [-0.1, -0.05) is 13.3 Å². The van der Waals surface area contributed by atoms with Crippen LogP contribution in [0.3, 0.4) is 0 Å². The molecule has 2 heterocycles. The third-order valence-electron chi connectivity index (χ3n) is 4.13. The highest BCUT2D eigenvalue weighted by molar-refractivity contribution is 7.89. The van der Waals surface area contributed by atoms with Crippen molar-refractivity contribution in [3.63, 3.8) is 0 Å². The largest absolute Gasteiger partial charge is 0.477 e. The number of hydrogen-bond donors (Lipinski definition) is 1. The van der Waals surface area contributed by atoms with E-state index in [1.54, 1.807) is 6.92 Å². The molecule has 1 saturated heterocycles. The summed E-state index contributed by atoms with van der Waals surface area (Å²) in [6.07, 6.45) is 4.30. The molecule has 6 nitrogen and oxygen atoms in total. The van der Waals surface area contributed by atoms with Crippen LogP contribution >= 0.6 is 0 Å². The molecule has 0 aromatic carbocycles. The summed E-state index contributed by atoms with van der Waals surface area (Å²) in [4.78, 5) is 11.2. The standard InChI is InChI=1S/C14H22N2O4S/c1-3-11-6-5-7-16(9-11)21(19,20)12-8-13(14(17)18)15(4-2)10-12/h8,10-11H,3-7,9H2,1-2H3,(H,17,18). The molecule has 21 heavy (non-hydrogen) atoms. The third-order valence-corrected chi connectivity index (χ3v) is 5.96. The van der Waals surface area contributed by atoms with E-state index in [1.165, 1.54) is 21.1 Å². The molecule has 0 radical (unpaired) electrons. The molecule has 0 bridgehead atoms. The van der Waals surface area contributed by atoms with Gasteiger partial charge in [0.25, 0.3) is 0 Å². The van der Waals surface area contributed by atoms with Crippen molar-refractivity contribution in [3.8, 4) is 0 Å². The predicted octanol–water partition coefficient (Wildman–Crippen LogP) is 2.02. The van der Waals surface area contributed by atoms with E-state index in [2.05, 4.69) is 6.92 Å². The second-order valence-electron chi connectivity index (χ2n) is 5.43. The molecule has 1 aromatic heterocycles. The number of aromatic nitrogens is 1. The Bertz CT molecular complexity index is 621. The first-order valence-electron chi connectivity index (χ1n) is 7.33. The summed E-state index contributed by atoms with van der Waals surface area (Å²) in [6.45, 7) is 5.32. The Kier molecular flexibility index (Phi) is 4.73. The zero-order chi connectivity index (χ0) is 15.6. The van der Waals surface area contributed by atoms with Crippen molar-refractivity contribution in [2.45, 2.75) is 44.6 Å². The fraction of sp³-hybridized carbons (Fsp3) is 0.643. The van der Waals surface area contributed by atoms with Gasteiger partial charge in [-0.2, -0.15) is 4.31 Å². The van der Waals surface area contributed by atoms with Gasteiger partial charge < -0.3 is 9.67 Å². The molecule has 118 valence electrons. The number of nitrogens with zero attached hydrogens (tertiary/aromatic N) is 2. The molecular weight excluding hydrogens is 292 g/mol. The maximum absolute atomic E-state index is 12.7. The number of piperidine rings is 1. The molecule has 0 aliphatic carbocycles. The smallest absolute Gasteiger partial charge is 0.352 e. The fourth-order valence-corrected chi connectivity index (χ4v) is 4.39. The summed E-state index contributed by atoms with van der Waals surface area (Å²) in [6, 6.07) is 1.26. The van der Waals surface area contributed by atoms with Crippen LogP contribution in [-0.4, -0.2) is 41.5 Å². The number of carbonyl (C=O) groups is 1. The first-order valence-corrected chi connectivity index (χ1v) is 8.77. The molecular formula is C14H22N2O4S. The molecule has 0 saturated carbocycles. The maximum atomic E-state index is 12.7. The van der Waals surface area contributed by atoms with E-state index in [1.807, 2.05) is 0 Å². The van der Waals surface area contributed by atoms with E-state index in [9.17, 15) is 13.2 Å². The molecule has 0 spiro atoms. The second kappa shape index (κ2) is 6.19. The van der Waals surface area contributed by atoms with E-state index in [4.69, 9.17) is 5.11 Å². The number of rotatable bonds is 5. The molecule has 1 aliphatic heterocycles. The third kappa shape index (κ3) is 3.13. The topological polar surface area (TPSA) is 79.6 Å². The minimum atomic E-state index is -3.60. The van der Waals surface area contributed by atoms with Crippen molar-refractivity contribution in [3.05, 3.63) is 18.0 Å². The van der Waals surface area contributed by atoms with Crippen LogP contribution in [0.25, 0.3) is 0 Å². The fourth-order valence-electron chi connectivity index (χ4n) is 2.79. The summed E-state index contributed by atoms with van der Waals surface area (Å²) >= 11 is 0. The Hall–Kier alpha value is -1.34. The van der Waals surface area contributed by atoms with Gasteiger partial charge in [0.15, 0.2) is 0 Å². The quantitative estimate of drug-likeness (QED) is 0.901. The SMILES string of the molecule is CCC1CCCN(S(=O)(=O)c2cc(C(=O)O)n(CC)c2)C1. The Balaban J connectivity index is 2.33. The number of hydrogen-bond acceptors (Lipinski definition) is 3. The predicted molar refractivity (Wildman–Crippen MR) is 78.8 cm³/mol. The van der Waals surface area contributed by atoms with E-state index >= 15 is 0 Å². The van der Waals surface area contributed by atoms with Crippen LogP contribution in [0.2, 0.25) is 0 Å². The lowest BCUT2D eigenvalue weighted by molar-refractivity contribution is 0.0685. The summed E-state index contributed by atoms with van der Waals surface area (Å²) in [5, 5.41) is 9.14. The lowest BCUT2D eigenvalue weighted by atomic mass is 9.97. The van der Waals surface area contributed by atoms with Crippen LogP contribution in [0.1, 0.15) is 43.6 Å². The molecule has 0 amide bonds. The molecule has 7 heteroatoms. The summed E-state index contributed by atoms with van der Waals surface area (Å²) in [5.41, 5.74) is 0.0140. The Labute approximate surface area is 125 Å². The Morgan fingerprint density at radius 3 is 2.67 bits per heavy atom. The van der Waals surface area contributed by atoms with Gasteiger partial charge in [-0.3, -0.25) is 0 Å². The van der Waals surface area contributed by atoms with Gasteiger partial charge in [-0.15, -0.1) is 0 Å². The number of sulfonamides is 1. The monoisotopic (exact) mass is 314 g/mol. The molecule has 2 rings (SSSR count). The highest BCUT2D eigenvalue weighted by atomic mass is 32.2. The molecule has 1 aliphatic rings. The highest BCUT2D eigenvalue weighted by Gasteiger charge is 2.31. The van der Waals surface area contributed by atoms with Crippen LogP contribution in [0.15, 0.2) is 17.2 Å². The average molecular weight is 314 g/mol. The van der Waals surface area contributed by atoms with Crippen molar-refractivity contribution < 1.29 is 18.3 Å². The molecule has 1 fully saturated rings. The van der Waals surface area contributed by atoms with Gasteiger partial charge >= 0.3 is 5.97 Å². The molecule has 1 aromatic rings. The number of aryl methyl sites for hydroxylation is 1. The minimum absolute atomic E-state index is 0.0140. The second-order valence-corrected chi connectivity index (χ2v) is 7.37. The van der Waals surface area contributed by atoms with Crippen molar-refractivity contribution >= 4 is 16.0 Å². The normalized spacial score (nSPS) is 20.6. The van der Waals surface area contributed by atoms with Crippen LogP contribution in [0.5, 0.6) is 0 Å². The van der Waals surface area contributed by atoms with Gasteiger partial charge in [0, 0.05) is 25.8 Å². The van der Waals surface area contributed by atoms with Crippen molar-refractivity contribution in [1.82, 2.24) is 8.87 Å². The van der Waals surface area contributed by atoms with Gasteiger partial charge in [-0.05, 0) is 31.7 Å². The molecule has 1 unspecified atom stereocenters. The van der Waals surface area contributed by atoms with Gasteiger partial charge in [0.05, 0.1) is 0 Å². The zero-order valence-electron chi connectivity index (χ0n) is 12.4. The van der Waals surface area contributed by atoms with Crippen molar-refractivity contribution in [2.75, 3.05) is 13.1 Å². The van der Waals surface area contributed by atoms with Crippen LogP contribution in [-0.2, 0) is 16.6 Å². The van der Waals surface area contributed by atoms with E-state index in [-0.39, 0.29) is 10.6 Å². The molecule has 1 atom stereocenters. The lowest BCUT2D eigenvalue weighted by Crippen LogP contribution is -2.39. The van der Waals surface area contributed by atoms with Gasteiger partial charge in [0.1, 0.15) is 10.6 Å². The van der Waals surface area contributed by atoms with Crippen LogP contribution in [0.4, 0.5) is 0 Å². The van der Waals surface area contributed by atoms with E-state index in [0.29, 0.717) is 25.6 Å². The van der Waals surface area contributed by atoms with Crippen LogP contribution in [0, 0.1) is 5.92 Å². The highest BCUT2D eigenvalue weighted by Crippen LogP contribution is 2.26. The Morgan fingerprint density at radius 2 is 2.14 bits per heavy atom. The Morgan fingerprint density at radius 1 is 1.43 bits per heavy atom. The zero-order valence-corrected chi connectivity index (χ0v) is 13.3. The number of carboxylic acids is 1. The van der Waals surface area contributed by atoms with Gasteiger partial charge in [0.2, 0.25) is 10.0 Å². The molecule has 1 N–H and O–H groups in total. The summed E-state index contributed by atoms with van der Waals surface area (Å²) in [7, 11) is -3.60. The number of carboxylic acid groups (broad SMARTS) is 1. The maximum Gasteiger partial charge on any atom is 0.352 e. The van der Waals surface area contributed by atoms with E-state index < -0.39 is 16.0 Å². The average Bonchev–Trinajstić information content (AvgIpc) is 2.92. The first kappa shape index (κ1) is 16.0. The lowest BCUT2D eigenvalue weighted by Gasteiger charge is -2.31. The number of aromatic carboxylic acids is 1.